The van der Waals surface area contributed by atoms with E-state index < -0.39 is 20.2 Å². The SMILES string of the molecule is C[Si](C)(C)CCOC(=O)N[C@@H](CC=O)c1ccc(C#N)cc1. The summed E-state index contributed by atoms with van der Waals surface area (Å²) in [6, 6.07) is 9.27. The molecule has 0 radical (unpaired) electrons. The fourth-order valence-corrected chi connectivity index (χ4v) is 2.51. The molecule has 0 aromatic heterocycles. The first-order chi connectivity index (χ1) is 10.4. The van der Waals surface area contributed by atoms with E-state index in [1.165, 1.54) is 0 Å². The Morgan fingerprint density at radius 1 is 1.36 bits per heavy atom. The highest BCUT2D eigenvalue weighted by Crippen LogP contribution is 2.17. The molecule has 1 aromatic carbocycles. The van der Waals surface area contributed by atoms with Crippen LogP contribution in [0.5, 0.6) is 0 Å². The van der Waals surface area contributed by atoms with Gasteiger partial charge in [-0.2, -0.15) is 5.26 Å². The van der Waals surface area contributed by atoms with E-state index in [-0.39, 0.29) is 6.42 Å². The molecular formula is C16H22N2O3Si. The monoisotopic (exact) mass is 318 g/mol. The van der Waals surface area contributed by atoms with Crippen molar-refractivity contribution in [1.82, 2.24) is 5.32 Å². The van der Waals surface area contributed by atoms with Crippen molar-refractivity contribution >= 4 is 20.5 Å². The lowest BCUT2D eigenvalue weighted by Crippen LogP contribution is -2.31. The van der Waals surface area contributed by atoms with Gasteiger partial charge in [0.15, 0.2) is 0 Å². The molecule has 118 valence electrons. The third-order valence-electron chi connectivity index (χ3n) is 3.15. The summed E-state index contributed by atoms with van der Waals surface area (Å²) in [6.07, 6.45) is 0.398. The lowest BCUT2D eigenvalue weighted by Gasteiger charge is -2.19. The number of benzene rings is 1. The molecule has 0 bridgehead atoms. The summed E-state index contributed by atoms with van der Waals surface area (Å²) >= 11 is 0. The molecule has 0 saturated heterocycles. The standard InChI is InChI=1S/C16H22N2O3Si/c1-22(2,3)11-10-21-16(20)18-15(8-9-19)14-6-4-13(12-17)5-7-14/h4-7,9,15H,8,10-11H2,1-3H3,(H,18,20)/t15-/m0/s1. The minimum absolute atomic E-state index is 0.162. The van der Waals surface area contributed by atoms with Crippen molar-refractivity contribution in [3.05, 3.63) is 35.4 Å². The smallest absolute Gasteiger partial charge is 0.407 e. The van der Waals surface area contributed by atoms with Crippen LogP contribution in [0.15, 0.2) is 24.3 Å². The molecule has 0 unspecified atom stereocenters. The van der Waals surface area contributed by atoms with Crippen LogP contribution in [0, 0.1) is 11.3 Å². The maximum absolute atomic E-state index is 11.8. The second-order valence-corrected chi connectivity index (χ2v) is 11.9. The molecule has 0 fully saturated rings. The Kier molecular flexibility index (Phi) is 6.80. The number of rotatable bonds is 7. The van der Waals surface area contributed by atoms with Crippen LogP contribution in [0.4, 0.5) is 4.79 Å². The van der Waals surface area contributed by atoms with Gasteiger partial charge in [0.05, 0.1) is 24.3 Å². The first kappa shape index (κ1) is 17.9. The fourth-order valence-electron chi connectivity index (χ4n) is 1.80. The number of aldehydes is 1. The number of nitrogens with one attached hydrogen (secondary N) is 1. The molecule has 5 nitrogen and oxygen atoms in total. The highest BCUT2D eigenvalue weighted by Gasteiger charge is 2.17. The topological polar surface area (TPSA) is 79.2 Å². The van der Waals surface area contributed by atoms with Crippen molar-refractivity contribution in [1.29, 1.82) is 5.26 Å². The maximum atomic E-state index is 11.8. The first-order valence-electron chi connectivity index (χ1n) is 7.22. The van der Waals surface area contributed by atoms with Crippen LogP contribution in [0.25, 0.3) is 0 Å². The Hall–Kier alpha value is -2.13. The zero-order chi connectivity index (χ0) is 16.6. The van der Waals surface area contributed by atoms with Crippen LogP contribution >= 0.6 is 0 Å². The predicted octanol–water partition coefficient (Wildman–Crippen LogP) is 3.25. The molecule has 0 saturated carbocycles. The quantitative estimate of drug-likeness (QED) is 0.618. The van der Waals surface area contributed by atoms with E-state index in [0.717, 1.165) is 17.9 Å². The van der Waals surface area contributed by atoms with Crippen molar-refractivity contribution in [3.63, 3.8) is 0 Å². The summed E-state index contributed by atoms with van der Waals surface area (Å²) in [5, 5.41) is 11.5. The molecule has 0 heterocycles. The van der Waals surface area contributed by atoms with Crippen molar-refractivity contribution in [2.45, 2.75) is 38.1 Å². The number of nitriles is 1. The van der Waals surface area contributed by atoms with E-state index in [0.29, 0.717) is 12.2 Å². The molecule has 1 aromatic rings. The maximum Gasteiger partial charge on any atom is 0.407 e. The fraction of sp³-hybridized carbons (Fsp3) is 0.438. The minimum Gasteiger partial charge on any atom is -0.450 e. The van der Waals surface area contributed by atoms with E-state index in [1.54, 1.807) is 24.3 Å². The van der Waals surface area contributed by atoms with Crippen LogP contribution in [0.3, 0.4) is 0 Å². The minimum atomic E-state index is -1.25. The van der Waals surface area contributed by atoms with Crippen molar-refractivity contribution in [3.8, 4) is 6.07 Å². The van der Waals surface area contributed by atoms with Gasteiger partial charge >= 0.3 is 6.09 Å². The van der Waals surface area contributed by atoms with Crippen LogP contribution in [0.2, 0.25) is 25.7 Å². The van der Waals surface area contributed by atoms with Crippen LogP contribution in [0.1, 0.15) is 23.6 Å². The van der Waals surface area contributed by atoms with Gasteiger partial charge in [-0.05, 0) is 23.7 Å². The van der Waals surface area contributed by atoms with Gasteiger partial charge in [0, 0.05) is 14.5 Å². The Labute approximate surface area is 132 Å². The van der Waals surface area contributed by atoms with Crippen molar-refractivity contribution < 1.29 is 14.3 Å². The number of amides is 1. The molecule has 22 heavy (non-hydrogen) atoms. The third kappa shape index (κ3) is 6.55. The highest BCUT2D eigenvalue weighted by atomic mass is 28.3. The van der Waals surface area contributed by atoms with E-state index >= 15 is 0 Å². The number of alkyl carbamates (subject to hydrolysis) is 1. The summed E-state index contributed by atoms with van der Waals surface area (Å²) in [6.45, 7) is 7.02. The van der Waals surface area contributed by atoms with E-state index in [1.807, 2.05) is 6.07 Å². The van der Waals surface area contributed by atoms with Crippen LogP contribution in [-0.4, -0.2) is 27.1 Å². The second-order valence-electron chi connectivity index (χ2n) is 6.28. The normalized spacial score (nSPS) is 12.1. The van der Waals surface area contributed by atoms with Gasteiger partial charge in [0.2, 0.25) is 0 Å². The molecular weight excluding hydrogens is 296 g/mol. The van der Waals surface area contributed by atoms with Gasteiger partial charge in [0.25, 0.3) is 0 Å². The highest BCUT2D eigenvalue weighted by molar-refractivity contribution is 6.76. The molecule has 1 atom stereocenters. The molecule has 6 heteroatoms. The molecule has 0 aliphatic rings. The Morgan fingerprint density at radius 2 is 2.00 bits per heavy atom. The third-order valence-corrected chi connectivity index (χ3v) is 4.86. The number of ether oxygens (including phenoxy) is 1. The Balaban J connectivity index is 2.61. The van der Waals surface area contributed by atoms with Crippen LogP contribution in [-0.2, 0) is 9.53 Å². The summed E-state index contributed by atoms with van der Waals surface area (Å²) in [5.74, 6) is 0. The summed E-state index contributed by atoms with van der Waals surface area (Å²) in [5.41, 5.74) is 1.31. The molecule has 0 aliphatic carbocycles. The van der Waals surface area contributed by atoms with Gasteiger partial charge in [-0.25, -0.2) is 4.79 Å². The van der Waals surface area contributed by atoms with Gasteiger partial charge in [-0.3, -0.25) is 0 Å². The molecule has 1 rings (SSSR count). The first-order valence-corrected chi connectivity index (χ1v) is 10.9. The largest absolute Gasteiger partial charge is 0.450 e. The summed E-state index contributed by atoms with van der Waals surface area (Å²) in [7, 11) is -1.25. The predicted molar refractivity (Wildman–Crippen MR) is 87.2 cm³/mol. The summed E-state index contributed by atoms with van der Waals surface area (Å²) in [4.78, 5) is 22.6. The van der Waals surface area contributed by atoms with Crippen LogP contribution < -0.4 is 5.32 Å². The molecule has 0 aliphatic heterocycles. The number of hydrogen-bond acceptors (Lipinski definition) is 4. The van der Waals surface area contributed by atoms with Gasteiger partial charge in [-0.15, -0.1) is 0 Å². The van der Waals surface area contributed by atoms with Gasteiger partial charge < -0.3 is 14.8 Å². The van der Waals surface area contributed by atoms with E-state index in [4.69, 9.17) is 10.00 Å². The second kappa shape index (κ2) is 8.34. The lowest BCUT2D eigenvalue weighted by molar-refractivity contribution is -0.108. The average Bonchev–Trinajstić information content (AvgIpc) is 2.45. The Morgan fingerprint density at radius 3 is 2.50 bits per heavy atom. The molecule has 0 spiro atoms. The number of carbonyl (C=O) groups excluding carboxylic acids is 2. The van der Waals surface area contributed by atoms with Gasteiger partial charge in [-0.1, -0.05) is 31.8 Å². The zero-order valence-corrected chi connectivity index (χ0v) is 14.3. The van der Waals surface area contributed by atoms with Crippen molar-refractivity contribution in [2.24, 2.45) is 0 Å². The zero-order valence-electron chi connectivity index (χ0n) is 13.3. The van der Waals surface area contributed by atoms with E-state index in [9.17, 15) is 9.59 Å². The molecule has 1 N–H and O–H groups in total. The number of hydrogen-bond donors (Lipinski definition) is 1. The van der Waals surface area contributed by atoms with Crippen molar-refractivity contribution in [2.75, 3.05) is 6.61 Å². The molecule has 1 amide bonds. The van der Waals surface area contributed by atoms with E-state index in [2.05, 4.69) is 25.0 Å². The van der Waals surface area contributed by atoms with Gasteiger partial charge in [0.1, 0.15) is 6.29 Å². The number of nitrogens with zero attached hydrogens (tertiary/aromatic N) is 1. The summed E-state index contributed by atoms with van der Waals surface area (Å²) < 4.78 is 5.18. The average molecular weight is 318 g/mol. The number of carbonyl (C=O) groups is 2. The Bertz CT molecular complexity index is 544. The lowest BCUT2D eigenvalue weighted by atomic mass is 10.0.